The van der Waals surface area contributed by atoms with Crippen LogP contribution in [0.3, 0.4) is 0 Å². The van der Waals surface area contributed by atoms with E-state index in [-0.39, 0.29) is 17.8 Å². The first-order chi connectivity index (χ1) is 11.4. The zero-order valence-corrected chi connectivity index (χ0v) is 12.9. The van der Waals surface area contributed by atoms with Crippen molar-refractivity contribution >= 4 is 33.0 Å². The highest BCUT2D eigenvalue weighted by Crippen LogP contribution is 2.34. The number of carbonyl (C=O) groups excluding carboxylic acids is 1. The van der Waals surface area contributed by atoms with Gasteiger partial charge in [0.25, 0.3) is 5.56 Å². The molecule has 24 heavy (non-hydrogen) atoms. The van der Waals surface area contributed by atoms with Crippen molar-refractivity contribution in [3.8, 4) is 0 Å². The minimum Gasteiger partial charge on any atom is -0.324 e. The van der Waals surface area contributed by atoms with Crippen LogP contribution in [0.2, 0.25) is 0 Å². The third kappa shape index (κ3) is 3.18. The second kappa shape index (κ2) is 6.12. The standard InChI is InChI=1S/C16H11F3N2O2S/c17-16(18,19)11-3-1-2-4-12(11)20-14(22)9-21-7-5-13-10(15(21)23)6-8-24-13/h1-8H,9H2,(H,20,22). The number of nitrogens with one attached hydrogen (secondary N) is 1. The van der Waals surface area contributed by atoms with Gasteiger partial charge in [0.2, 0.25) is 5.91 Å². The van der Waals surface area contributed by atoms with E-state index in [2.05, 4.69) is 5.32 Å². The van der Waals surface area contributed by atoms with Crippen LogP contribution in [0.4, 0.5) is 18.9 Å². The van der Waals surface area contributed by atoms with E-state index in [0.717, 1.165) is 10.8 Å². The Labute approximate surface area is 138 Å². The SMILES string of the molecule is O=C(Cn1ccc2sccc2c1=O)Nc1ccccc1C(F)(F)F. The molecule has 1 aromatic carbocycles. The summed E-state index contributed by atoms with van der Waals surface area (Å²) in [5, 5.41) is 4.46. The van der Waals surface area contributed by atoms with Crippen molar-refractivity contribution in [2.75, 3.05) is 5.32 Å². The molecular formula is C16H11F3N2O2S. The maximum Gasteiger partial charge on any atom is 0.418 e. The van der Waals surface area contributed by atoms with Crippen molar-refractivity contribution in [2.45, 2.75) is 12.7 Å². The quantitative estimate of drug-likeness (QED) is 0.781. The van der Waals surface area contributed by atoms with Crippen molar-refractivity contribution in [3.63, 3.8) is 0 Å². The second-order valence-corrected chi connectivity index (χ2v) is 5.99. The van der Waals surface area contributed by atoms with Crippen LogP contribution in [0.15, 0.2) is 52.8 Å². The molecule has 2 heterocycles. The molecule has 4 nitrogen and oxygen atoms in total. The van der Waals surface area contributed by atoms with Crippen molar-refractivity contribution < 1.29 is 18.0 Å². The molecule has 0 fully saturated rings. The molecule has 1 amide bonds. The zero-order valence-electron chi connectivity index (χ0n) is 12.1. The fourth-order valence-electron chi connectivity index (χ4n) is 2.32. The molecular weight excluding hydrogens is 341 g/mol. The number of alkyl halides is 3. The van der Waals surface area contributed by atoms with Gasteiger partial charge in [-0.25, -0.2) is 0 Å². The lowest BCUT2D eigenvalue weighted by Gasteiger charge is -2.14. The first-order valence-electron chi connectivity index (χ1n) is 6.89. The molecule has 0 saturated heterocycles. The monoisotopic (exact) mass is 352 g/mol. The molecule has 0 aliphatic rings. The number of para-hydroxylation sites is 1. The number of hydrogen-bond acceptors (Lipinski definition) is 3. The Balaban J connectivity index is 1.83. The lowest BCUT2D eigenvalue weighted by molar-refractivity contribution is -0.137. The normalized spacial score (nSPS) is 11.6. The Morgan fingerprint density at radius 2 is 1.92 bits per heavy atom. The number of halogens is 3. The Morgan fingerprint density at radius 1 is 1.17 bits per heavy atom. The van der Waals surface area contributed by atoms with Crippen LogP contribution in [0.5, 0.6) is 0 Å². The van der Waals surface area contributed by atoms with Gasteiger partial charge in [0.05, 0.1) is 16.6 Å². The summed E-state index contributed by atoms with van der Waals surface area (Å²) in [4.78, 5) is 24.3. The van der Waals surface area contributed by atoms with Gasteiger partial charge < -0.3 is 9.88 Å². The average molecular weight is 352 g/mol. The van der Waals surface area contributed by atoms with Crippen LogP contribution in [0, 0.1) is 0 Å². The fourth-order valence-corrected chi connectivity index (χ4v) is 3.09. The minimum absolute atomic E-state index is 0.334. The topological polar surface area (TPSA) is 51.1 Å². The molecule has 0 unspecified atom stereocenters. The van der Waals surface area contributed by atoms with Crippen molar-refractivity contribution in [1.82, 2.24) is 4.57 Å². The molecule has 8 heteroatoms. The minimum atomic E-state index is -4.57. The van der Waals surface area contributed by atoms with Crippen molar-refractivity contribution in [1.29, 1.82) is 0 Å². The number of amides is 1. The number of anilines is 1. The summed E-state index contributed by atoms with van der Waals surface area (Å²) in [6, 6.07) is 8.04. The molecule has 2 aromatic heterocycles. The molecule has 0 atom stereocenters. The second-order valence-electron chi connectivity index (χ2n) is 5.04. The van der Waals surface area contributed by atoms with Gasteiger partial charge in [0.15, 0.2) is 0 Å². The average Bonchev–Trinajstić information content (AvgIpc) is 2.99. The summed E-state index contributed by atoms with van der Waals surface area (Å²) in [6.45, 7) is -0.364. The highest BCUT2D eigenvalue weighted by Gasteiger charge is 2.33. The molecule has 0 bridgehead atoms. The number of thiophene rings is 1. The van der Waals surface area contributed by atoms with E-state index < -0.39 is 17.6 Å². The molecule has 1 N–H and O–H groups in total. The number of pyridine rings is 1. The Kier molecular flexibility index (Phi) is 4.15. The number of carbonyl (C=O) groups is 1. The number of fused-ring (bicyclic) bond motifs is 1. The number of aromatic nitrogens is 1. The summed E-state index contributed by atoms with van der Waals surface area (Å²) >= 11 is 1.40. The third-order valence-corrected chi connectivity index (χ3v) is 4.29. The molecule has 3 rings (SSSR count). The van der Waals surface area contributed by atoms with Crippen molar-refractivity contribution in [2.24, 2.45) is 0 Å². The molecule has 3 aromatic rings. The molecule has 0 aliphatic carbocycles. The highest BCUT2D eigenvalue weighted by atomic mass is 32.1. The zero-order chi connectivity index (χ0) is 17.3. The maximum absolute atomic E-state index is 12.9. The predicted molar refractivity (Wildman–Crippen MR) is 86.2 cm³/mol. The summed E-state index contributed by atoms with van der Waals surface area (Å²) < 4.78 is 40.7. The van der Waals surface area contributed by atoms with Crippen molar-refractivity contribution in [3.05, 3.63) is 63.9 Å². The highest BCUT2D eigenvalue weighted by molar-refractivity contribution is 7.17. The van der Waals surface area contributed by atoms with Crippen LogP contribution in [-0.2, 0) is 17.5 Å². The smallest absolute Gasteiger partial charge is 0.324 e. The number of nitrogens with zero attached hydrogens (tertiary/aromatic N) is 1. The van der Waals surface area contributed by atoms with Gasteiger partial charge in [-0.3, -0.25) is 9.59 Å². The number of benzene rings is 1. The van der Waals surface area contributed by atoms with E-state index in [1.54, 1.807) is 17.5 Å². The van der Waals surface area contributed by atoms with E-state index in [4.69, 9.17) is 0 Å². The van der Waals surface area contributed by atoms with Gasteiger partial charge in [-0.1, -0.05) is 12.1 Å². The number of hydrogen-bond donors (Lipinski definition) is 1. The van der Waals surface area contributed by atoms with Crippen LogP contribution >= 0.6 is 11.3 Å². The van der Waals surface area contributed by atoms with Gasteiger partial charge in [0.1, 0.15) is 6.54 Å². The molecule has 0 spiro atoms. The van der Waals surface area contributed by atoms with Gasteiger partial charge in [-0.05, 0) is 29.6 Å². The molecule has 0 radical (unpaired) electrons. The van der Waals surface area contributed by atoms with E-state index in [9.17, 15) is 22.8 Å². The summed E-state index contributed by atoms with van der Waals surface area (Å²) in [6.07, 6.45) is -3.12. The summed E-state index contributed by atoms with van der Waals surface area (Å²) in [5.41, 5.74) is -1.62. The largest absolute Gasteiger partial charge is 0.418 e. The first kappa shape index (κ1) is 16.3. The van der Waals surface area contributed by atoms with E-state index in [0.29, 0.717) is 5.39 Å². The third-order valence-electron chi connectivity index (χ3n) is 3.41. The molecule has 0 aliphatic heterocycles. The summed E-state index contributed by atoms with van der Waals surface area (Å²) in [5.74, 6) is -0.705. The van der Waals surface area contributed by atoms with Gasteiger partial charge in [-0.15, -0.1) is 11.3 Å². The Morgan fingerprint density at radius 3 is 2.67 bits per heavy atom. The van der Waals surface area contributed by atoms with E-state index >= 15 is 0 Å². The first-order valence-corrected chi connectivity index (χ1v) is 7.77. The lowest BCUT2D eigenvalue weighted by atomic mass is 10.1. The van der Waals surface area contributed by atoms with Crippen LogP contribution < -0.4 is 10.9 Å². The lowest BCUT2D eigenvalue weighted by Crippen LogP contribution is -2.27. The summed E-state index contributed by atoms with van der Waals surface area (Å²) in [7, 11) is 0. The maximum atomic E-state index is 12.9. The molecule has 0 saturated carbocycles. The number of rotatable bonds is 3. The Hall–Kier alpha value is -2.61. The predicted octanol–water partition coefficient (Wildman–Crippen LogP) is 3.72. The van der Waals surface area contributed by atoms with Crippen LogP contribution in [-0.4, -0.2) is 10.5 Å². The van der Waals surface area contributed by atoms with Gasteiger partial charge in [0, 0.05) is 10.9 Å². The van der Waals surface area contributed by atoms with Gasteiger partial charge in [-0.2, -0.15) is 13.2 Å². The van der Waals surface area contributed by atoms with Crippen LogP contribution in [0.1, 0.15) is 5.56 Å². The van der Waals surface area contributed by atoms with Crippen LogP contribution in [0.25, 0.3) is 10.1 Å². The van der Waals surface area contributed by atoms with Gasteiger partial charge >= 0.3 is 6.18 Å². The van der Waals surface area contributed by atoms with E-state index in [1.807, 2.05) is 0 Å². The fraction of sp³-hybridized carbons (Fsp3) is 0.125. The van der Waals surface area contributed by atoms with E-state index in [1.165, 1.54) is 40.3 Å². The Bertz CT molecular complexity index is 960. The molecule has 124 valence electrons.